The number of hydrogen-bond acceptors (Lipinski definition) is 4. The van der Waals surface area contributed by atoms with Crippen molar-refractivity contribution in [1.29, 1.82) is 0 Å². The van der Waals surface area contributed by atoms with Crippen LogP contribution in [0.2, 0.25) is 0 Å². The summed E-state index contributed by atoms with van der Waals surface area (Å²) in [5, 5.41) is 1.07. The fourth-order valence-electron chi connectivity index (χ4n) is 3.95. The van der Waals surface area contributed by atoms with Crippen molar-refractivity contribution in [1.82, 2.24) is 4.90 Å². The lowest BCUT2D eigenvalue weighted by molar-refractivity contribution is -0.00579. The van der Waals surface area contributed by atoms with Crippen molar-refractivity contribution >= 4 is 11.0 Å². The monoisotopic (exact) mass is 371 g/mol. The molecule has 2 aromatic rings. The van der Waals surface area contributed by atoms with Crippen LogP contribution in [-0.2, 0) is 11.3 Å². The minimum atomic E-state index is -0.260. The van der Waals surface area contributed by atoms with Crippen LogP contribution in [0.25, 0.3) is 11.0 Å². The molecule has 4 heteroatoms. The van der Waals surface area contributed by atoms with Gasteiger partial charge < -0.3 is 9.15 Å². The number of aryl methyl sites for hydroxylation is 1. The molecular weight excluding hydrogens is 338 g/mol. The molecule has 4 nitrogen and oxygen atoms in total. The van der Waals surface area contributed by atoms with E-state index in [4.69, 9.17) is 9.15 Å². The van der Waals surface area contributed by atoms with E-state index in [2.05, 4.69) is 45.6 Å². The highest BCUT2D eigenvalue weighted by Gasteiger charge is 2.21. The smallest absolute Gasteiger partial charge is 0.336 e. The van der Waals surface area contributed by atoms with Gasteiger partial charge in [0, 0.05) is 37.7 Å². The zero-order valence-electron chi connectivity index (χ0n) is 17.4. The highest BCUT2D eigenvalue weighted by molar-refractivity contribution is 5.82. The third-order valence-corrected chi connectivity index (χ3v) is 5.43. The van der Waals surface area contributed by atoms with Gasteiger partial charge in [0.15, 0.2) is 0 Å². The van der Waals surface area contributed by atoms with Gasteiger partial charge in [-0.1, -0.05) is 27.7 Å². The summed E-state index contributed by atoms with van der Waals surface area (Å²) in [5.74, 6) is 1.03. The molecule has 0 aliphatic carbocycles. The van der Waals surface area contributed by atoms with E-state index in [1.54, 1.807) is 6.07 Å². The first kappa shape index (κ1) is 20.1. The van der Waals surface area contributed by atoms with Crippen LogP contribution in [0.1, 0.15) is 63.1 Å². The van der Waals surface area contributed by atoms with Crippen molar-refractivity contribution in [2.24, 2.45) is 5.92 Å². The highest BCUT2D eigenvalue weighted by atomic mass is 16.5. The molecule has 148 valence electrons. The van der Waals surface area contributed by atoms with E-state index in [-0.39, 0.29) is 5.63 Å². The van der Waals surface area contributed by atoms with Crippen molar-refractivity contribution < 1.29 is 9.15 Å². The standard InChI is InChI=1S/C23H33NO3/c1-15(2)14-26-19-6-8-24(9-7-19)13-18-11-23(25)27-22-10-17(5)20(16(3)4)12-21(18)22/h10-12,15-16,19H,6-9,13-14H2,1-5H3. The predicted octanol–water partition coefficient (Wildman–Crippen LogP) is 4.86. The zero-order chi connectivity index (χ0) is 19.6. The molecule has 1 aliphatic heterocycles. The molecule has 0 radical (unpaired) electrons. The summed E-state index contributed by atoms with van der Waals surface area (Å²) < 4.78 is 11.5. The van der Waals surface area contributed by atoms with Gasteiger partial charge in [0.25, 0.3) is 0 Å². The molecule has 0 atom stereocenters. The lowest BCUT2D eigenvalue weighted by atomic mass is 9.94. The summed E-state index contributed by atoms with van der Waals surface area (Å²) in [6.07, 6.45) is 2.49. The highest BCUT2D eigenvalue weighted by Crippen LogP contribution is 2.28. The zero-order valence-corrected chi connectivity index (χ0v) is 17.4. The third-order valence-electron chi connectivity index (χ3n) is 5.43. The molecule has 1 aromatic heterocycles. The number of fused-ring (bicyclic) bond motifs is 1. The predicted molar refractivity (Wildman–Crippen MR) is 110 cm³/mol. The number of likely N-dealkylation sites (tertiary alicyclic amines) is 1. The summed E-state index contributed by atoms with van der Waals surface area (Å²) >= 11 is 0. The molecule has 0 unspecified atom stereocenters. The molecule has 1 aliphatic rings. The molecule has 27 heavy (non-hydrogen) atoms. The average molecular weight is 372 g/mol. The number of hydrogen-bond donors (Lipinski definition) is 0. The summed E-state index contributed by atoms with van der Waals surface area (Å²) in [4.78, 5) is 14.5. The second kappa shape index (κ2) is 8.57. The average Bonchev–Trinajstić information content (AvgIpc) is 2.60. The van der Waals surface area contributed by atoms with E-state index in [1.165, 1.54) is 11.1 Å². The van der Waals surface area contributed by atoms with Gasteiger partial charge in [-0.05, 0) is 60.4 Å². The van der Waals surface area contributed by atoms with Crippen LogP contribution >= 0.6 is 0 Å². The van der Waals surface area contributed by atoms with Crippen LogP contribution in [0.15, 0.2) is 27.4 Å². The Morgan fingerprint density at radius 3 is 2.48 bits per heavy atom. The normalized spacial score (nSPS) is 16.7. The van der Waals surface area contributed by atoms with Crippen LogP contribution in [0.5, 0.6) is 0 Å². The number of ether oxygens (including phenoxy) is 1. The number of rotatable bonds is 6. The SMILES string of the molecule is Cc1cc2oc(=O)cc(CN3CCC(OCC(C)C)CC3)c2cc1C(C)C. The van der Waals surface area contributed by atoms with E-state index >= 15 is 0 Å². The Balaban J connectivity index is 1.77. The lowest BCUT2D eigenvalue weighted by Gasteiger charge is -2.32. The number of benzene rings is 1. The molecule has 1 aromatic carbocycles. The number of piperidine rings is 1. The maximum Gasteiger partial charge on any atom is 0.336 e. The van der Waals surface area contributed by atoms with Crippen molar-refractivity contribution in [2.45, 2.75) is 66.0 Å². The van der Waals surface area contributed by atoms with Gasteiger partial charge in [-0.15, -0.1) is 0 Å². The molecule has 0 N–H and O–H groups in total. The first-order valence-corrected chi connectivity index (χ1v) is 10.2. The second-order valence-electron chi connectivity index (χ2n) is 8.65. The van der Waals surface area contributed by atoms with Crippen molar-refractivity contribution in [3.8, 4) is 0 Å². The Labute approximate surface area is 162 Å². The Bertz CT molecular complexity index is 829. The first-order valence-electron chi connectivity index (χ1n) is 10.2. The Kier molecular flexibility index (Phi) is 6.38. The van der Waals surface area contributed by atoms with Gasteiger partial charge in [0.05, 0.1) is 6.10 Å². The number of nitrogens with zero attached hydrogens (tertiary/aromatic N) is 1. The third kappa shape index (κ3) is 4.99. The van der Waals surface area contributed by atoms with Gasteiger partial charge in [-0.2, -0.15) is 0 Å². The van der Waals surface area contributed by atoms with E-state index in [0.717, 1.165) is 50.0 Å². The van der Waals surface area contributed by atoms with E-state index in [0.29, 0.717) is 23.5 Å². The Morgan fingerprint density at radius 1 is 1.15 bits per heavy atom. The molecule has 1 fully saturated rings. The van der Waals surface area contributed by atoms with Crippen molar-refractivity contribution in [3.05, 3.63) is 45.3 Å². The largest absolute Gasteiger partial charge is 0.423 e. The second-order valence-corrected chi connectivity index (χ2v) is 8.65. The van der Waals surface area contributed by atoms with Gasteiger partial charge in [0.2, 0.25) is 0 Å². The molecule has 0 amide bonds. The molecule has 2 heterocycles. The quantitative estimate of drug-likeness (QED) is 0.680. The molecule has 0 spiro atoms. The summed E-state index contributed by atoms with van der Waals surface area (Å²) in [6, 6.07) is 5.90. The Morgan fingerprint density at radius 2 is 1.85 bits per heavy atom. The van der Waals surface area contributed by atoms with Crippen molar-refractivity contribution in [2.75, 3.05) is 19.7 Å². The first-order chi connectivity index (χ1) is 12.8. The molecule has 0 saturated carbocycles. The van der Waals surface area contributed by atoms with Crippen LogP contribution in [0.3, 0.4) is 0 Å². The van der Waals surface area contributed by atoms with E-state index in [9.17, 15) is 4.79 Å². The minimum absolute atomic E-state index is 0.260. The van der Waals surface area contributed by atoms with Crippen LogP contribution in [-0.4, -0.2) is 30.7 Å². The van der Waals surface area contributed by atoms with Gasteiger partial charge in [-0.3, -0.25) is 4.90 Å². The maximum absolute atomic E-state index is 12.1. The van der Waals surface area contributed by atoms with E-state index < -0.39 is 0 Å². The molecular formula is C23H33NO3. The minimum Gasteiger partial charge on any atom is -0.423 e. The van der Waals surface area contributed by atoms with Gasteiger partial charge >= 0.3 is 5.63 Å². The van der Waals surface area contributed by atoms with Crippen molar-refractivity contribution in [3.63, 3.8) is 0 Å². The van der Waals surface area contributed by atoms with Gasteiger partial charge in [0.1, 0.15) is 5.58 Å². The fourth-order valence-corrected chi connectivity index (χ4v) is 3.95. The molecule has 3 rings (SSSR count). The van der Waals surface area contributed by atoms with Crippen LogP contribution < -0.4 is 5.63 Å². The van der Waals surface area contributed by atoms with E-state index in [1.807, 2.05) is 6.07 Å². The summed E-state index contributed by atoms with van der Waals surface area (Å²) in [7, 11) is 0. The molecule has 1 saturated heterocycles. The topological polar surface area (TPSA) is 42.7 Å². The fraction of sp³-hybridized carbons (Fsp3) is 0.609. The summed E-state index contributed by atoms with van der Waals surface area (Å²) in [5.41, 5.74) is 4.02. The van der Waals surface area contributed by atoms with Gasteiger partial charge in [-0.25, -0.2) is 4.79 Å². The summed E-state index contributed by atoms with van der Waals surface area (Å²) in [6.45, 7) is 14.5. The Hall–Kier alpha value is -1.65. The van der Waals surface area contributed by atoms with Crippen LogP contribution in [0.4, 0.5) is 0 Å². The lowest BCUT2D eigenvalue weighted by Crippen LogP contribution is -2.37. The maximum atomic E-state index is 12.1. The van der Waals surface area contributed by atoms with Crippen LogP contribution in [0, 0.1) is 12.8 Å². The molecule has 0 bridgehead atoms.